The molecule has 1 N–H and O–H groups in total. The molecule has 0 radical (unpaired) electrons. The second-order valence-corrected chi connectivity index (χ2v) is 6.03. The van der Waals surface area contributed by atoms with Crippen molar-refractivity contribution in [1.29, 1.82) is 0 Å². The van der Waals surface area contributed by atoms with E-state index < -0.39 is 17.9 Å². The monoisotopic (exact) mass is 354 g/mol. The summed E-state index contributed by atoms with van der Waals surface area (Å²) in [5.74, 6) is -0.422. The second kappa shape index (κ2) is 5.82. The Hall–Kier alpha value is -2.12. The number of aliphatic carboxylic acids is 1. The summed E-state index contributed by atoms with van der Waals surface area (Å²) in [6, 6.07) is 3.45. The first-order valence-electron chi connectivity index (χ1n) is 6.76. The highest BCUT2D eigenvalue weighted by molar-refractivity contribution is 6.36. The van der Waals surface area contributed by atoms with Crippen LogP contribution in [0.1, 0.15) is 22.0 Å². The minimum atomic E-state index is -1.10. The molecule has 1 amide bonds. The first-order chi connectivity index (χ1) is 10.9. The fraction of sp³-hybridized carbons (Fsp3) is 0.286. The summed E-state index contributed by atoms with van der Waals surface area (Å²) in [7, 11) is 0. The Morgan fingerprint density at radius 3 is 2.70 bits per heavy atom. The molecule has 1 aromatic heterocycles. The lowest BCUT2D eigenvalue weighted by Crippen LogP contribution is -2.50. The van der Waals surface area contributed by atoms with Crippen LogP contribution in [0, 0.1) is 6.92 Å². The molecular weight excluding hydrogens is 343 g/mol. The van der Waals surface area contributed by atoms with Crippen LogP contribution in [0.25, 0.3) is 0 Å². The summed E-state index contributed by atoms with van der Waals surface area (Å²) in [5.41, 5.74) is 0.201. The Morgan fingerprint density at radius 1 is 1.30 bits per heavy atom. The van der Waals surface area contributed by atoms with E-state index in [-0.39, 0.29) is 23.7 Å². The van der Waals surface area contributed by atoms with Gasteiger partial charge < -0.3 is 14.6 Å². The number of hydrogen-bond acceptors (Lipinski definition) is 4. The lowest BCUT2D eigenvalue weighted by Gasteiger charge is -2.33. The van der Waals surface area contributed by atoms with Gasteiger partial charge in [-0.15, -0.1) is 10.2 Å². The molecule has 120 valence electrons. The van der Waals surface area contributed by atoms with Crippen molar-refractivity contribution in [2.24, 2.45) is 0 Å². The van der Waals surface area contributed by atoms with Crippen LogP contribution in [-0.2, 0) is 17.9 Å². The van der Waals surface area contributed by atoms with E-state index in [1.165, 1.54) is 23.1 Å². The normalized spacial score (nSPS) is 17.0. The molecule has 0 saturated heterocycles. The fourth-order valence-electron chi connectivity index (χ4n) is 2.56. The molecule has 1 atom stereocenters. The zero-order valence-electron chi connectivity index (χ0n) is 12.0. The van der Waals surface area contributed by atoms with E-state index in [2.05, 4.69) is 10.2 Å². The van der Waals surface area contributed by atoms with Crippen molar-refractivity contribution in [2.45, 2.75) is 26.1 Å². The predicted octanol–water partition coefficient (Wildman–Crippen LogP) is 2.00. The van der Waals surface area contributed by atoms with Gasteiger partial charge in [-0.2, -0.15) is 0 Å². The quantitative estimate of drug-likeness (QED) is 0.890. The zero-order chi connectivity index (χ0) is 16.7. The predicted molar refractivity (Wildman–Crippen MR) is 82.5 cm³/mol. The standard InChI is InChI=1S/C14H12Cl2N4O3/c1-7-17-18-12-6-20(11(14(22)23)5-19(7)12)13(21)9-3-2-8(15)4-10(9)16/h2-4,11H,5-6H2,1H3,(H,22,23). The minimum Gasteiger partial charge on any atom is -0.480 e. The van der Waals surface area contributed by atoms with Crippen molar-refractivity contribution in [3.05, 3.63) is 45.5 Å². The number of carboxylic acid groups (broad SMARTS) is 1. The van der Waals surface area contributed by atoms with Gasteiger partial charge in [0.1, 0.15) is 11.9 Å². The molecule has 2 heterocycles. The highest BCUT2D eigenvalue weighted by atomic mass is 35.5. The molecule has 0 fully saturated rings. The van der Waals surface area contributed by atoms with Gasteiger partial charge in [-0.1, -0.05) is 23.2 Å². The molecule has 1 aromatic carbocycles. The van der Waals surface area contributed by atoms with Crippen molar-refractivity contribution in [3.8, 4) is 0 Å². The number of amides is 1. The van der Waals surface area contributed by atoms with Crippen molar-refractivity contribution in [1.82, 2.24) is 19.7 Å². The van der Waals surface area contributed by atoms with Gasteiger partial charge in [-0.25, -0.2) is 4.79 Å². The molecule has 1 unspecified atom stereocenters. The van der Waals surface area contributed by atoms with Gasteiger partial charge in [0.15, 0.2) is 5.82 Å². The Balaban J connectivity index is 1.99. The Bertz CT molecular complexity index is 805. The van der Waals surface area contributed by atoms with Gasteiger partial charge in [0.25, 0.3) is 5.91 Å². The summed E-state index contributed by atoms with van der Waals surface area (Å²) < 4.78 is 1.70. The van der Waals surface area contributed by atoms with Crippen LogP contribution >= 0.6 is 23.2 Å². The molecule has 1 aliphatic heterocycles. The summed E-state index contributed by atoms with van der Waals surface area (Å²) in [5, 5.41) is 18.0. The molecule has 9 heteroatoms. The maximum atomic E-state index is 12.7. The fourth-order valence-corrected chi connectivity index (χ4v) is 3.05. The number of carboxylic acids is 1. The van der Waals surface area contributed by atoms with E-state index in [4.69, 9.17) is 23.2 Å². The average molecular weight is 355 g/mol. The van der Waals surface area contributed by atoms with Crippen LogP contribution in [0.15, 0.2) is 18.2 Å². The van der Waals surface area contributed by atoms with E-state index in [9.17, 15) is 14.7 Å². The molecule has 23 heavy (non-hydrogen) atoms. The number of fused-ring (bicyclic) bond motifs is 1. The van der Waals surface area contributed by atoms with E-state index in [0.717, 1.165) is 0 Å². The molecule has 1 aliphatic rings. The van der Waals surface area contributed by atoms with Crippen molar-refractivity contribution >= 4 is 35.1 Å². The van der Waals surface area contributed by atoms with Crippen LogP contribution in [-0.4, -0.2) is 42.7 Å². The first-order valence-corrected chi connectivity index (χ1v) is 7.51. The topological polar surface area (TPSA) is 88.3 Å². The zero-order valence-corrected chi connectivity index (χ0v) is 13.5. The molecule has 0 saturated carbocycles. The smallest absolute Gasteiger partial charge is 0.328 e. The third-order valence-corrected chi connectivity index (χ3v) is 4.31. The highest BCUT2D eigenvalue weighted by Crippen LogP contribution is 2.26. The van der Waals surface area contributed by atoms with Crippen LogP contribution in [0.5, 0.6) is 0 Å². The first kappa shape index (κ1) is 15.8. The Labute approximate surface area is 141 Å². The summed E-state index contributed by atoms with van der Waals surface area (Å²) in [4.78, 5) is 25.6. The number of carbonyl (C=O) groups is 2. The summed E-state index contributed by atoms with van der Waals surface area (Å²) >= 11 is 11.9. The van der Waals surface area contributed by atoms with Gasteiger partial charge in [-0.3, -0.25) is 4.79 Å². The minimum absolute atomic E-state index is 0.0512. The Kier molecular flexibility index (Phi) is 3.99. The van der Waals surface area contributed by atoms with E-state index in [1.807, 2.05) is 0 Å². The maximum absolute atomic E-state index is 12.7. The van der Waals surface area contributed by atoms with Gasteiger partial charge in [0.2, 0.25) is 0 Å². The number of benzene rings is 1. The average Bonchev–Trinajstić information content (AvgIpc) is 2.86. The van der Waals surface area contributed by atoms with Gasteiger partial charge in [0, 0.05) is 5.02 Å². The molecule has 2 aromatic rings. The number of halogens is 2. The lowest BCUT2D eigenvalue weighted by molar-refractivity contribution is -0.143. The SMILES string of the molecule is Cc1nnc2n1CC(C(=O)O)N(C(=O)c1ccc(Cl)cc1Cl)C2. The number of aromatic nitrogens is 3. The lowest BCUT2D eigenvalue weighted by atomic mass is 10.1. The van der Waals surface area contributed by atoms with Gasteiger partial charge in [0.05, 0.1) is 23.7 Å². The van der Waals surface area contributed by atoms with Crippen LogP contribution in [0.2, 0.25) is 10.0 Å². The van der Waals surface area contributed by atoms with Gasteiger partial charge in [-0.05, 0) is 25.1 Å². The molecular formula is C14H12Cl2N4O3. The van der Waals surface area contributed by atoms with Crippen molar-refractivity contribution < 1.29 is 14.7 Å². The van der Waals surface area contributed by atoms with E-state index in [1.54, 1.807) is 11.5 Å². The third-order valence-electron chi connectivity index (χ3n) is 3.76. The molecule has 3 rings (SSSR count). The van der Waals surface area contributed by atoms with E-state index >= 15 is 0 Å². The molecule has 7 nitrogen and oxygen atoms in total. The largest absolute Gasteiger partial charge is 0.480 e. The number of rotatable bonds is 2. The second-order valence-electron chi connectivity index (χ2n) is 5.19. The van der Waals surface area contributed by atoms with Crippen LogP contribution in [0.4, 0.5) is 0 Å². The summed E-state index contributed by atoms with van der Waals surface area (Å²) in [6.45, 7) is 1.89. The highest BCUT2D eigenvalue weighted by Gasteiger charge is 2.37. The molecule has 0 bridgehead atoms. The molecule has 0 spiro atoms. The number of aryl methyl sites for hydroxylation is 1. The van der Waals surface area contributed by atoms with Crippen molar-refractivity contribution in [3.63, 3.8) is 0 Å². The van der Waals surface area contributed by atoms with Crippen LogP contribution < -0.4 is 0 Å². The summed E-state index contributed by atoms with van der Waals surface area (Å²) in [6.07, 6.45) is 0. The maximum Gasteiger partial charge on any atom is 0.328 e. The van der Waals surface area contributed by atoms with Gasteiger partial charge >= 0.3 is 5.97 Å². The Morgan fingerprint density at radius 2 is 2.04 bits per heavy atom. The van der Waals surface area contributed by atoms with E-state index in [0.29, 0.717) is 16.7 Å². The molecule has 0 aliphatic carbocycles. The van der Waals surface area contributed by atoms with Crippen molar-refractivity contribution in [2.75, 3.05) is 0 Å². The van der Waals surface area contributed by atoms with Crippen LogP contribution in [0.3, 0.4) is 0 Å². The number of nitrogens with zero attached hydrogens (tertiary/aromatic N) is 4. The number of carbonyl (C=O) groups excluding carboxylic acids is 1. The third kappa shape index (κ3) is 2.77. The number of hydrogen-bond donors (Lipinski definition) is 1.